The lowest BCUT2D eigenvalue weighted by Gasteiger charge is -2.03. The molecule has 0 bridgehead atoms. The highest BCUT2D eigenvalue weighted by atomic mass is 35.5. The van der Waals surface area contributed by atoms with E-state index < -0.39 is 0 Å². The third kappa shape index (κ3) is 0.925. The summed E-state index contributed by atoms with van der Waals surface area (Å²) in [6.45, 7) is 1.99. The van der Waals surface area contributed by atoms with E-state index >= 15 is 0 Å². The quantitative estimate of drug-likeness (QED) is 0.585. The average Bonchev–Trinajstić information content (AvgIpc) is 2.45. The zero-order chi connectivity index (χ0) is 7.84. The molecular weight excluding hydrogens is 160 g/mol. The Bertz CT molecular complexity index is 351. The van der Waals surface area contributed by atoms with Crippen LogP contribution in [0.15, 0.2) is 28.9 Å². The fraction of sp³-hybridized carbons (Fsp3) is 0.111. The summed E-state index contributed by atoms with van der Waals surface area (Å²) in [5.41, 5.74) is 2.18. The van der Waals surface area contributed by atoms with Crippen molar-refractivity contribution < 1.29 is 4.42 Å². The molecule has 0 unspecified atom stereocenters. The minimum atomic E-state index is 0.684. The molecule has 1 aliphatic heterocycles. The predicted molar refractivity (Wildman–Crippen MR) is 45.1 cm³/mol. The lowest BCUT2D eigenvalue weighted by Crippen LogP contribution is -1.80. The van der Waals surface area contributed by atoms with Crippen molar-refractivity contribution in [3.63, 3.8) is 0 Å². The van der Waals surface area contributed by atoms with Crippen molar-refractivity contribution in [2.24, 2.45) is 0 Å². The molecule has 0 aromatic rings. The number of fused-ring (bicyclic) bond motifs is 1. The van der Waals surface area contributed by atoms with Gasteiger partial charge in [0.2, 0.25) is 0 Å². The average molecular weight is 167 g/mol. The van der Waals surface area contributed by atoms with Crippen LogP contribution >= 0.6 is 11.6 Å². The standard InChI is InChI=1S/C9H7ClO/c1-6-7-3-2-4-9(7)11-5-8(6)10/h2-5H,1H3. The summed E-state index contributed by atoms with van der Waals surface area (Å²) in [4.78, 5) is 0. The second kappa shape index (κ2) is 2.28. The molecule has 1 nitrogen and oxygen atoms in total. The molecule has 0 atom stereocenters. The Kier molecular flexibility index (Phi) is 1.40. The Balaban J connectivity index is 2.81. The van der Waals surface area contributed by atoms with Crippen LogP contribution in [-0.2, 0) is 0 Å². The largest absolute Gasteiger partial charge is 0.463 e. The van der Waals surface area contributed by atoms with Crippen molar-refractivity contribution in [1.82, 2.24) is 0 Å². The number of hydrogen-bond acceptors (Lipinski definition) is 1. The Morgan fingerprint density at radius 2 is 2.18 bits per heavy atom. The van der Waals surface area contributed by atoms with E-state index in [1.165, 1.54) is 0 Å². The van der Waals surface area contributed by atoms with Gasteiger partial charge in [-0.3, -0.25) is 0 Å². The SMILES string of the molecule is Cc1c(Cl)coc2cccc1-2. The van der Waals surface area contributed by atoms with Gasteiger partial charge in [-0.05, 0) is 18.6 Å². The zero-order valence-corrected chi connectivity index (χ0v) is 6.85. The van der Waals surface area contributed by atoms with Crippen LogP contribution < -0.4 is 0 Å². The molecule has 0 N–H and O–H groups in total. The van der Waals surface area contributed by atoms with E-state index in [2.05, 4.69) is 0 Å². The fourth-order valence-corrected chi connectivity index (χ4v) is 1.29. The first-order valence-corrected chi connectivity index (χ1v) is 3.79. The molecule has 0 saturated heterocycles. The van der Waals surface area contributed by atoms with Crippen LogP contribution in [0.5, 0.6) is 0 Å². The Morgan fingerprint density at radius 3 is 3.00 bits per heavy atom. The maximum Gasteiger partial charge on any atom is 0.134 e. The first-order valence-electron chi connectivity index (χ1n) is 3.41. The molecule has 0 spiro atoms. The van der Waals surface area contributed by atoms with Gasteiger partial charge in [0, 0.05) is 5.56 Å². The van der Waals surface area contributed by atoms with E-state index in [4.69, 9.17) is 16.0 Å². The van der Waals surface area contributed by atoms with E-state index in [9.17, 15) is 0 Å². The highest BCUT2D eigenvalue weighted by molar-refractivity contribution is 6.31. The van der Waals surface area contributed by atoms with Gasteiger partial charge in [0.15, 0.2) is 0 Å². The molecule has 0 fully saturated rings. The summed E-state index contributed by atoms with van der Waals surface area (Å²) in [5, 5.41) is 0.684. The molecule has 0 saturated carbocycles. The van der Waals surface area contributed by atoms with Crippen LogP contribution in [0.4, 0.5) is 0 Å². The Morgan fingerprint density at radius 1 is 1.36 bits per heavy atom. The van der Waals surface area contributed by atoms with Gasteiger partial charge in [-0.2, -0.15) is 0 Å². The van der Waals surface area contributed by atoms with Gasteiger partial charge in [0.1, 0.15) is 12.0 Å². The van der Waals surface area contributed by atoms with Crippen LogP contribution in [0.3, 0.4) is 0 Å². The highest BCUT2D eigenvalue weighted by Gasteiger charge is 2.09. The maximum atomic E-state index is 5.85. The minimum absolute atomic E-state index is 0.684. The van der Waals surface area contributed by atoms with Gasteiger partial charge in [0.25, 0.3) is 0 Å². The lowest BCUT2D eigenvalue weighted by molar-refractivity contribution is 0.566. The van der Waals surface area contributed by atoms with Gasteiger partial charge in [-0.1, -0.05) is 23.7 Å². The molecule has 0 radical (unpaired) electrons. The fourth-order valence-electron chi connectivity index (χ4n) is 1.15. The van der Waals surface area contributed by atoms with Gasteiger partial charge in [-0.25, -0.2) is 0 Å². The molecule has 0 aromatic heterocycles. The summed E-state index contributed by atoms with van der Waals surface area (Å²) < 4.78 is 5.23. The van der Waals surface area contributed by atoms with Crippen molar-refractivity contribution in [1.29, 1.82) is 0 Å². The zero-order valence-electron chi connectivity index (χ0n) is 6.10. The summed E-state index contributed by atoms with van der Waals surface area (Å²) in [5.74, 6) is 0.895. The van der Waals surface area contributed by atoms with Crippen molar-refractivity contribution in [2.45, 2.75) is 6.92 Å². The molecule has 2 heteroatoms. The summed E-state index contributed by atoms with van der Waals surface area (Å²) in [6.07, 6.45) is 1.57. The monoisotopic (exact) mass is 166 g/mol. The topological polar surface area (TPSA) is 13.1 Å². The number of hydrogen-bond donors (Lipinski definition) is 0. The van der Waals surface area contributed by atoms with Crippen LogP contribution in [-0.4, -0.2) is 0 Å². The van der Waals surface area contributed by atoms with Gasteiger partial charge in [0.05, 0.1) is 5.02 Å². The first-order chi connectivity index (χ1) is 5.29. The van der Waals surface area contributed by atoms with Gasteiger partial charge < -0.3 is 4.42 Å². The molecule has 0 amide bonds. The molecule has 2 rings (SSSR count). The van der Waals surface area contributed by atoms with Crippen molar-refractivity contribution in [3.8, 4) is 11.3 Å². The molecule has 0 aromatic carbocycles. The van der Waals surface area contributed by atoms with Crippen molar-refractivity contribution in [3.05, 3.63) is 35.0 Å². The molecule has 2 aliphatic rings. The lowest BCUT2D eigenvalue weighted by atomic mass is 10.1. The Hall–Kier alpha value is -0.950. The summed E-state index contributed by atoms with van der Waals surface area (Å²) in [7, 11) is 0. The third-order valence-corrected chi connectivity index (χ3v) is 2.20. The van der Waals surface area contributed by atoms with Gasteiger partial charge in [-0.15, -0.1) is 0 Å². The van der Waals surface area contributed by atoms with Gasteiger partial charge >= 0.3 is 0 Å². The summed E-state index contributed by atoms with van der Waals surface area (Å²) in [6, 6.07) is 5.89. The van der Waals surface area contributed by atoms with E-state index in [1.54, 1.807) is 6.26 Å². The smallest absolute Gasteiger partial charge is 0.134 e. The van der Waals surface area contributed by atoms with Crippen LogP contribution in [0, 0.1) is 6.92 Å². The van der Waals surface area contributed by atoms with Crippen molar-refractivity contribution in [2.75, 3.05) is 0 Å². The van der Waals surface area contributed by atoms with Crippen LogP contribution in [0.25, 0.3) is 11.3 Å². The highest BCUT2D eigenvalue weighted by Crippen LogP contribution is 2.31. The molecule has 11 heavy (non-hydrogen) atoms. The second-order valence-corrected chi connectivity index (χ2v) is 2.92. The van der Waals surface area contributed by atoms with Crippen LogP contribution in [0.2, 0.25) is 5.02 Å². The van der Waals surface area contributed by atoms with Crippen LogP contribution in [0.1, 0.15) is 5.56 Å². The van der Waals surface area contributed by atoms with E-state index in [0.717, 1.165) is 16.9 Å². The number of halogens is 1. The third-order valence-electron chi connectivity index (χ3n) is 1.83. The number of rotatable bonds is 0. The Labute approximate surface area is 69.9 Å². The molecule has 1 heterocycles. The van der Waals surface area contributed by atoms with E-state index in [0.29, 0.717) is 5.02 Å². The molecular formula is C9H7ClO. The molecule has 1 aliphatic carbocycles. The van der Waals surface area contributed by atoms with E-state index in [1.807, 2.05) is 25.1 Å². The normalized spacial score (nSPS) is 10.7. The predicted octanol–water partition coefficient (Wildman–Crippen LogP) is 3.35. The maximum absolute atomic E-state index is 5.85. The van der Waals surface area contributed by atoms with Crippen molar-refractivity contribution >= 4 is 11.6 Å². The first kappa shape index (κ1) is 6.74. The second-order valence-electron chi connectivity index (χ2n) is 2.51. The summed E-state index contributed by atoms with van der Waals surface area (Å²) >= 11 is 5.85. The molecule has 56 valence electrons. The van der Waals surface area contributed by atoms with E-state index in [-0.39, 0.29) is 0 Å². The minimum Gasteiger partial charge on any atom is -0.463 e.